The lowest BCUT2D eigenvalue weighted by Gasteiger charge is -2.31. The number of allylic oxidation sites excluding steroid dienone is 2. The van der Waals surface area contributed by atoms with Gasteiger partial charge in [0.1, 0.15) is 6.10 Å². The molecule has 0 spiro atoms. The van der Waals surface area contributed by atoms with Gasteiger partial charge in [-0.15, -0.1) is 0 Å². The molecule has 4 rings (SSSR count). The van der Waals surface area contributed by atoms with E-state index in [2.05, 4.69) is 22.3 Å². The molecule has 3 aromatic rings. The van der Waals surface area contributed by atoms with E-state index in [0.29, 0.717) is 29.9 Å². The monoisotopic (exact) mass is 569 g/mol. The van der Waals surface area contributed by atoms with Crippen LogP contribution in [0.1, 0.15) is 49.0 Å². The number of hydrogen-bond donors (Lipinski definition) is 1. The topological polar surface area (TPSA) is 111 Å². The molecule has 0 bridgehead atoms. The molecule has 2 unspecified atom stereocenters. The summed E-state index contributed by atoms with van der Waals surface area (Å²) in [5.41, 5.74) is 3.66. The number of nitrogens with zero attached hydrogens (tertiary/aromatic N) is 2. The number of carbonyl (C=O) groups is 2. The highest BCUT2D eigenvalue weighted by molar-refractivity contribution is 6.00. The lowest BCUT2D eigenvalue weighted by Crippen LogP contribution is -2.33. The molecule has 2 atom stereocenters. The van der Waals surface area contributed by atoms with Gasteiger partial charge in [-0.1, -0.05) is 72.8 Å². The Hall–Kier alpha value is -4.76. The summed E-state index contributed by atoms with van der Waals surface area (Å²) in [6.45, 7) is 4.83. The van der Waals surface area contributed by atoms with Crippen molar-refractivity contribution in [2.75, 3.05) is 20.7 Å². The summed E-state index contributed by atoms with van der Waals surface area (Å²) in [7, 11) is 3.27. The van der Waals surface area contributed by atoms with Crippen LogP contribution in [0.4, 0.5) is 5.69 Å². The molecule has 218 valence electrons. The Balaban J connectivity index is 1.66. The quantitative estimate of drug-likeness (QED) is 0.175. The van der Waals surface area contributed by atoms with E-state index in [9.17, 15) is 19.7 Å². The van der Waals surface area contributed by atoms with Crippen molar-refractivity contribution in [3.8, 4) is 0 Å². The second-order valence-electron chi connectivity index (χ2n) is 10.3. The fourth-order valence-corrected chi connectivity index (χ4v) is 5.26. The van der Waals surface area contributed by atoms with Crippen LogP contribution in [-0.4, -0.2) is 42.5 Å². The molecule has 1 N–H and O–H groups in total. The maximum Gasteiger partial charge on any atom is 0.337 e. The molecule has 42 heavy (non-hydrogen) atoms. The Labute approximate surface area is 245 Å². The number of benzene rings is 3. The predicted molar refractivity (Wildman–Crippen MR) is 159 cm³/mol. The van der Waals surface area contributed by atoms with E-state index in [-0.39, 0.29) is 16.8 Å². The molecule has 0 saturated carbocycles. The average Bonchev–Trinajstić information content (AvgIpc) is 2.99. The van der Waals surface area contributed by atoms with E-state index in [1.165, 1.54) is 30.9 Å². The number of carbonyl (C=O) groups excluding carboxylic acids is 2. The Morgan fingerprint density at radius 1 is 0.929 bits per heavy atom. The summed E-state index contributed by atoms with van der Waals surface area (Å²) < 4.78 is 11.3. The first-order valence-electron chi connectivity index (χ1n) is 13.7. The van der Waals surface area contributed by atoms with E-state index in [4.69, 9.17) is 9.47 Å². The van der Waals surface area contributed by atoms with E-state index < -0.39 is 28.9 Å². The normalized spacial score (nSPS) is 15.7. The molecular formula is C33H35N3O6. The summed E-state index contributed by atoms with van der Waals surface area (Å²) in [5, 5.41) is 14.7. The van der Waals surface area contributed by atoms with E-state index in [1.54, 1.807) is 19.9 Å². The molecule has 1 aliphatic rings. The standard InChI is InChI=1S/C33H35N3O6/c1-22-29(32(37)41-4)31(26-16-11-17-27(20-26)36(39)40)30(23(2)34-22)33(38)42-28(25-14-9-6-10-15-25)18-19-35(3)21-24-12-7-5-8-13-24/h5-17,20,28,31,34H,18-19,21H2,1-4H3. The van der Waals surface area contributed by atoms with E-state index >= 15 is 0 Å². The summed E-state index contributed by atoms with van der Waals surface area (Å²) in [6, 6.07) is 25.6. The number of methoxy groups -OCH3 is 1. The van der Waals surface area contributed by atoms with Crippen molar-refractivity contribution < 1.29 is 24.0 Å². The zero-order valence-corrected chi connectivity index (χ0v) is 24.2. The second kappa shape index (κ2) is 13.7. The lowest BCUT2D eigenvalue weighted by molar-refractivity contribution is -0.384. The molecule has 9 heteroatoms. The van der Waals surface area contributed by atoms with Gasteiger partial charge in [-0.3, -0.25) is 10.1 Å². The lowest BCUT2D eigenvalue weighted by atomic mass is 9.80. The first kappa shape index (κ1) is 30.2. The van der Waals surface area contributed by atoms with Crippen molar-refractivity contribution in [3.63, 3.8) is 0 Å². The van der Waals surface area contributed by atoms with Crippen LogP contribution >= 0.6 is 0 Å². The first-order valence-corrected chi connectivity index (χ1v) is 13.7. The van der Waals surface area contributed by atoms with Crippen LogP contribution < -0.4 is 5.32 Å². The highest BCUT2D eigenvalue weighted by Crippen LogP contribution is 2.41. The number of dihydropyridines is 1. The largest absolute Gasteiger partial charge is 0.466 e. The van der Waals surface area contributed by atoms with Crippen molar-refractivity contribution in [1.29, 1.82) is 0 Å². The van der Waals surface area contributed by atoms with Crippen LogP contribution in [0.5, 0.6) is 0 Å². The molecule has 0 amide bonds. The number of rotatable bonds is 11. The zero-order chi connectivity index (χ0) is 30.2. The molecule has 1 aliphatic heterocycles. The van der Waals surface area contributed by atoms with Gasteiger partial charge in [-0.05, 0) is 37.6 Å². The third-order valence-corrected chi connectivity index (χ3v) is 7.29. The number of esters is 2. The van der Waals surface area contributed by atoms with E-state index in [0.717, 1.165) is 12.1 Å². The summed E-state index contributed by atoms with van der Waals surface area (Å²) in [4.78, 5) is 40.3. The summed E-state index contributed by atoms with van der Waals surface area (Å²) >= 11 is 0. The van der Waals surface area contributed by atoms with Crippen LogP contribution in [0.25, 0.3) is 0 Å². The molecule has 0 aliphatic carbocycles. The van der Waals surface area contributed by atoms with Gasteiger partial charge in [0.25, 0.3) is 5.69 Å². The van der Waals surface area contributed by atoms with Crippen molar-refractivity contribution in [2.24, 2.45) is 0 Å². The van der Waals surface area contributed by atoms with Crippen molar-refractivity contribution in [3.05, 3.63) is 134 Å². The zero-order valence-electron chi connectivity index (χ0n) is 24.2. The minimum atomic E-state index is -0.928. The summed E-state index contributed by atoms with van der Waals surface area (Å²) in [6.07, 6.45) is -0.0458. The van der Waals surface area contributed by atoms with Crippen molar-refractivity contribution >= 4 is 17.6 Å². The van der Waals surface area contributed by atoms with Crippen LogP contribution in [0.3, 0.4) is 0 Å². The fraction of sp³-hybridized carbons (Fsp3) is 0.273. The Morgan fingerprint density at radius 3 is 2.17 bits per heavy atom. The molecular weight excluding hydrogens is 534 g/mol. The van der Waals surface area contributed by atoms with Crippen LogP contribution in [0.2, 0.25) is 0 Å². The number of hydrogen-bond acceptors (Lipinski definition) is 8. The van der Waals surface area contributed by atoms with Gasteiger partial charge in [0, 0.05) is 43.0 Å². The summed E-state index contributed by atoms with van der Waals surface area (Å²) in [5.74, 6) is -2.19. The number of non-ortho nitro benzene ring substituents is 1. The highest BCUT2D eigenvalue weighted by Gasteiger charge is 2.39. The van der Waals surface area contributed by atoms with Crippen molar-refractivity contribution in [1.82, 2.24) is 10.2 Å². The van der Waals surface area contributed by atoms with Gasteiger partial charge in [-0.2, -0.15) is 0 Å². The van der Waals surface area contributed by atoms with Gasteiger partial charge in [-0.25, -0.2) is 9.59 Å². The molecule has 9 nitrogen and oxygen atoms in total. The third-order valence-electron chi connectivity index (χ3n) is 7.29. The molecule has 0 fully saturated rings. The van der Waals surface area contributed by atoms with Gasteiger partial charge in [0.2, 0.25) is 0 Å². The third kappa shape index (κ3) is 7.11. The Kier molecular flexibility index (Phi) is 9.88. The minimum Gasteiger partial charge on any atom is -0.466 e. The number of nitro benzene ring substituents is 1. The highest BCUT2D eigenvalue weighted by atomic mass is 16.6. The van der Waals surface area contributed by atoms with Crippen molar-refractivity contribution in [2.45, 2.75) is 38.8 Å². The molecule has 0 radical (unpaired) electrons. The minimum absolute atomic E-state index is 0.151. The smallest absolute Gasteiger partial charge is 0.337 e. The molecule has 0 aromatic heterocycles. The van der Waals surface area contributed by atoms with E-state index in [1.807, 2.05) is 55.6 Å². The number of ether oxygens (including phenoxy) is 2. The van der Waals surface area contributed by atoms with Crippen LogP contribution in [0, 0.1) is 10.1 Å². The second-order valence-corrected chi connectivity index (χ2v) is 10.3. The number of nitrogens with one attached hydrogen (secondary N) is 1. The van der Waals surface area contributed by atoms with Gasteiger partial charge in [0.05, 0.1) is 29.1 Å². The van der Waals surface area contributed by atoms with Crippen LogP contribution in [-0.2, 0) is 25.6 Å². The molecule has 3 aromatic carbocycles. The maximum atomic E-state index is 14.1. The Bertz CT molecular complexity index is 1500. The van der Waals surface area contributed by atoms with Gasteiger partial charge in [0.15, 0.2) is 0 Å². The Morgan fingerprint density at radius 2 is 1.55 bits per heavy atom. The van der Waals surface area contributed by atoms with Gasteiger partial charge < -0.3 is 19.7 Å². The SMILES string of the molecule is COC(=O)C1=C(C)NC(C)=C(C(=O)OC(CCN(C)Cc2ccccc2)c2ccccc2)C1c1cccc([N+](=O)[O-])c1. The van der Waals surface area contributed by atoms with Gasteiger partial charge >= 0.3 is 11.9 Å². The first-order chi connectivity index (χ1) is 20.2. The van der Waals surface area contributed by atoms with Crippen LogP contribution in [0.15, 0.2) is 107 Å². The maximum absolute atomic E-state index is 14.1. The predicted octanol–water partition coefficient (Wildman–Crippen LogP) is 5.81. The molecule has 0 saturated heterocycles. The fourth-order valence-electron chi connectivity index (χ4n) is 5.26. The molecule has 1 heterocycles. The number of nitro groups is 1. The average molecular weight is 570 g/mol.